The van der Waals surface area contributed by atoms with Gasteiger partial charge in [0, 0.05) is 31.0 Å². The number of carbonyl (C=O) groups is 1. The molecular weight excluding hydrogens is 361 g/mol. The van der Waals surface area contributed by atoms with E-state index in [1.807, 2.05) is 24.3 Å². The zero-order valence-electron chi connectivity index (χ0n) is 14.3. The first-order valence-corrected chi connectivity index (χ1v) is 8.22. The Hall–Kier alpha value is -1.56. The quantitative estimate of drug-likeness (QED) is 0.800. The maximum absolute atomic E-state index is 11.9. The molecule has 2 aromatic rings. The van der Waals surface area contributed by atoms with E-state index in [2.05, 4.69) is 22.5 Å². The molecule has 1 aromatic carbocycles. The van der Waals surface area contributed by atoms with Crippen molar-refractivity contribution in [3.63, 3.8) is 0 Å². The number of amides is 1. The largest absolute Gasteiger partial charge is 0.441 e. The minimum atomic E-state index is 0. The fourth-order valence-corrected chi connectivity index (χ4v) is 2.75. The van der Waals surface area contributed by atoms with E-state index >= 15 is 0 Å². The van der Waals surface area contributed by atoms with Crippen LogP contribution < -0.4 is 10.6 Å². The number of nitrogens with one attached hydrogen (secondary N) is 2. The summed E-state index contributed by atoms with van der Waals surface area (Å²) >= 11 is 0. The molecule has 7 heteroatoms. The van der Waals surface area contributed by atoms with Crippen molar-refractivity contribution in [1.82, 2.24) is 15.6 Å². The van der Waals surface area contributed by atoms with Gasteiger partial charge in [-0.25, -0.2) is 4.98 Å². The van der Waals surface area contributed by atoms with Gasteiger partial charge in [-0.15, -0.1) is 24.8 Å². The van der Waals surface area contributed by atoms with Gasteiger partial charge in [-0.2, -0.15) is 0 Å². The molecule has 0 spiro atoms. The molecule has 0 radical (unpaired) electrons. The molecule has 2 heterocycles. The van der Waals surface area contributed by atoms with Crippen molar-refractivity contribution >= 4 is 30.7 Å². The number of halogens is 2. The second-order valence-corrected chi connectivity index (χ2v) is 6.08. The molecule has 25 heavy (non-hydrogen) atoms. The van der Waals surface area contributed by atoms with Crippen LogP contribution in [0.2, 0.25) is 0 Å². The lowest BCUT2D eigenvalue weighted by atomic mass is 10.1. The molecule has 1 saturated heterocycles. The highest BCUT2D eigenvalue weighted by molar-refractivity contribution is 5.85. The average molecular weight is 386 g/mol. The predicted molar refractivity (Wildman–Crippen MR) is 104 cm³/mol. The summed E-state index contributed by atoms with van der Waals surface area (Å²) in [5, 5.41) is 6.33. The molecule has 1 amide bonds. The smallest absolute Gasteiger partial charge is 0.220 e. The van der Waals surface area contributed by atoms with E-state index in [9.17, 15) is 4.79 Å². The molecule has 0 saturated carbocycles. The number of hydrogen-bond acceptors (Lipinski definition) is 4. The van der Waals surface area contributed by atoms with Crippen LogP contribution in [-0.2, 0) is 11.2 Å². The van der Waals surface area contributed by atoms with Crippen LogP contribution in [0.1, 0.15) is 30.7 Å². The summed E-state index contributed by atoms with van der Waals surface area (Å²) in [7, 11) is 0. The Kier molecular flexibility index (Phi) is 8.97. The van der Waals surface area contributed by atoms with E-state index in [1.54, 1.807) is 6.20 Å². The van der Waals surface area contributed by atoms with Gasteiger partial charge in [0.1, 0.15) is 0 Å². The summed E-state index contributed by atoms with van der Waals surface area (Å²) in [6.45, 7) is 3.81. The molecule has 1 aliphatic heterocycles. The molecule has 5 nitrogen and oxygen atoms in total. The Morgan fingerprint density at radius 2 is 2.08 bits per heavy atom. The van der Waals surface area contributed by atoms with Gasteiger partial charge in [-0.05, 0) is 26.3 Å². The lowest BCUT2D eigenvalue weighted by Crippen LogP contribution is -2.37. The van der Waals surface area contributed by atoms with E-state index in [0.29, 0.717) is 31.3 Å². The highest BCUT2D eigenvalue weighted by Crippen LogP contribution is 2.21. The topological polar surface area (TPSA) is 67.2 Å². The third kappa shape index (κ3) is 6.34. The molecule has 1 atom stereocenters. The maximum atomic E-state index is 11.9. The van der Waals surface area contributed by atoms with Crippen LogP contribution in [0.3, 0.4) is 0 Å². The normalized spacial score (nSPS) is 16.0. The number of aromatic nitrogens is 1. The Morgan fingerprint density at radius 1 is 1.32 bits per heavy atom. The van der Waals surface area contributed by atoms with Gasteiger partial charge in [0.25, 0.3) is 0 Å². The minimum absolute atomic E-state index is 0. The van der Waals surface area contributed by atoms with Gasteiger partial charge in [0.05, 0.1) is 6.20 Å². The molecule has 1 unspecified atom stereocenters. The number of oxazole rings is 1. The predicted octanol–water partition coefficient (Wildman–Crippen LogP) is 3.29. The van der Waals surface area contributed by atoms with E-state index in [-0.39, 0.29) is 30.7 Å². The Morgan fingerprint density at radius 3 is 2.76 bits per heavy atom. The van der Waals surface area contributed by atoms with Crippen LogP contribution in [0.5, 0.6) is 0 Å². The standard InChI is InChI=1S/C18H23N3O2.2ClH/c1-13-4-6-14(7-5-13)16-12-21-18(23-16)9-8-17(22)20-11-15-3-2-10-19-15;;/h4-7,12,15,19H,2-3,8-11H2,1H3,(H,20,22);2*1H. The highest BCUT2D eigenvalue weighted by atomic mass is 35.5. The number of benzene rings is 1. The van der Waals surface area contributed by atoms with Crippen molar-refractivity contribution in [2.45, 2.75) is 38.6 Å². The fraction of sp³-hybridized carbons (Fsp3) is 0.444. The van der Waals surface area contributed by atoms with E-state index in [1.165, 1.54) is 12.0 Å². The van der Waals surface area contributed by atoms with Gasteiger partial charge in [0.15, 0.2) is 11.7 Å². The Bertz CT molecular complexity index is 653. The molecule has 0 bridgehead atoms. The van der Waals surface area contributed by atoms with Crippen LogP contribution in [0, 0.1) is 6.92 Å². The van der Waals surface area contributed by atoms with Crippen LogP contribution in [0.4, 0.5) is 0 Å². The van der Waals surface area contributed by atoms with E-state index < -0.39 is 0 Å². The molecule has 1 fully saturated rings. The Labute approximate surface area is 160 Å². The lowest BCUT2D eigenvalue weighted by Gasteiger charge is -2.10. The summed E-state index contributed by atoms with van der Waals surface area (Å²) in [5.74, 6) is 1.40. The summed E-state index contributed by atoms with van der Waals surface area (Å²) in [5.41, 5.74) is 2.22. The van der Waals surface area contributed by atoms with Crippen LogP contribution in [0.15, 0.2) is 34.9 Å². The zero-order chi connectivity index (χ0) is 16.1. The number of carbonyl (C=O) groups excluding carboxylic acids is 1. The van der Waals surface area contributed by atoms with Crippen molar-refractivity contribution in [2.24, 2.45) is 0 Å². The molecule has 138 valence electrons. The third-order valence-electron chi connectivity index (χ3n) is 4.16. The van der Waals surface area contributed by atoms with Crippen LogP contribution in [0.25, 0.3) is 11.3 Å². The van der Waals surface area contributed by atoms with Gasteiger partial charge >= 0.3 is 0 Å². The first-order chi connectivity index (χ1) is 11.2. The van der Waals surface area contributed by atoms with Crippen molar-refractivity contribution in [1.29, 1.82) is 0 Å². The first-order valence-electron chi connectivity index (χ1n) is 8.22. The number of rotatable bonds is 6. The second kappa shape index (κ2) is 10.4. The molecular formula is C18H25Cl2N3O2. The maximum Gasteiger partial charge on any atom is 0.220 e. The molecule has 0 aliphatic carbocycles. The monoisotopic (exact) mass is 385 g/mol. The van der Waals surface area contributed by atoms with E-state index in [0.717, 1.165) is 24.3 Å². The summed E-state index contributed by atoms with van der Waals surface area (Å²) in [6, 6.07) is 8.54. The molecule has 1 aromatic heterocycles. The average Bonchev–Trinajstić information content (AvgIpc) is 3.23. The van der Waals surface area contributed by atoms with Gasteiger partial charge in [-0.1, -0.05) is 29.8 Å². The number of nitrogens with zero attached hydrogens (tertiary/aromatic N) is 1. The zero-order valence-corrected chi connectivity index (χ0v) is 15.9. The molecule has 1 aliphatic rings. The van der Waals surface area contributed by atoms with Crippen LogP contribution >= 0.6 is 24.8 Å². The first kappa shape index (κ1) is 21.5. The molecule has 2 N–H and O–H groups in total. The van der Waals surface area contributed by atoms with Gasteiger partial charge < -0.3 is 15.1 Å². The third-order valence-corrected chi connectivity index (χ3v) is 4.16. The fourth-order valence-electron chi connectivity index (χ4n) is 2.75. The summed E-state index contributed by atoms with van der Waals surface area (Å²) in [6.07, 6.45) is 4.98. The van der Waals surface area contributed by atoms with E-state index in [4.69, 9.17) is 4.42 Å². The SMILES string of the molecule is Cc1ccc(-c2cnc(CCC(=O)NCC3CCCN3)o2)cc1.Cl.Cl. The second-order valence-electron chi connectivity index (χ2n) is 6.08. The van der Waals surface area contributed by atoms with Gasteiger partial charge in [0.2, 0.25) is 5.91 Å². The van der Waals surface area contributed by atoms with Crippen molar-refractivity contribution in [3.05, 3.63) is 41.9 Å². The molecule has 3 rings (SSSR count). The van der Waals surface area contributed by atoms with Crippen molar-refractivity contribution in [3.8, 4) is 11.3 Å². The number of hydrogen-bond donors (Lipinski definition) is 2. The van der Waals surface area contributed by atoms with Crippen LogP contribution in [-0.4, -0.2) is 30.0 Å². The summed E-state index contributed by atoms with van der Waals surface area (Å²) in [4.78, 5) is 16.1. The highest BCUT2D eigenvalue weighted by Gasteiger charge is 2.15. The number of aryl methyl sites for hydroxylation is 2. The lowest BCUT2D eigenvalue weighted by molar-refractivity contribution is -0.121. The van der Waals surface area contributed by atoms with Crippen molar-refractivity contribution < 1.29 is 9.21 Å². The minimum Gasteiger partial charge on any atom is -0.441 e. The van der Waals surface area contributed by atoms with Crippen molar-refractivity contribution in [2.75, 3.05) is 13.1 Å². The Balaban J connectivity index is 0.00000156. The van der Waals surface area contributed by atoms with Gasteiger partial charge in [-0.3, -0.25) is 4.79 Å². The summed E-state index contributed by atoms with van der Waals surface area (Å²) < 4.78 is 5.73.